The summed E-state index contributed by atoms with van der Waals surface area (Å²) in [4.78, 5) is 29.7. The largest absolute Gasteiger partial charge is 0.480 e. The number of carboxylic acid groups (broad SMARTS) is 1. The number of imidazole rings is 1. The zero-order valence-corrected chi connectivity index (χ0v) is 12.0. The van der Waals surface area contributed by atoms with Gasteiger partial charge in [-0.3, -0.25) is 0 Å². The summed E-state index contributed by atoms with van der Waals surface area (Å²) >= 11 is 0. The highest BCUT2D eigenvalue weighted by atomic mass is 16.4. The second-order valence-electron chi connectivity index (χ2n) is 5.05. The number of nitrogens with one attached hydrogen (secondary N) is 3. The van der Waals surface area contributed by atoms with Crippen molar-refractivity contribution in [3.63, 3.8) is 0 Å². The predicted octanol–water partition coefficient (Wildman–Crippen LogP) is 1.14. The third-order valence-corrected chi connectivity index (χ3v) is 3.14. The number of carbonyl (C=O) groups excluding carboxylic acids is 1. The lowest BCUT2D eigenvalue weighted by atomic mass is 10.0. The van der Waals surface area contributed by atoms with E-state index in [2.05, 4.69) is 20.6 Å². The van der Waals surface area contributed by atoms with E-state index in [-0.39, 0.29) is 12.5 Å². The van der Waals surface area contributed by atoms with Crippen molar-refractivity contribution in [3.05, 3.63) is 18.2 Å². The van der Waals surface area contributed by atoms with Crippen molar-refractivity contribution in [3.8, 4) is 0 Å². The molecule has 1 heterocycles. The maximum Gasteiger partial charge on any atom is 0.326 e. The molecule has 0 saturated heterocycles. The van der Waals surface area contributed by atoms with Gasteiger partial charge >= 0.3 is 12.0 Å². The summed E-state index contributed by atoms with van der Waals surface area (Å²) in [5, 5.41) is 14.4. The number of nitrogens with zero attached hydrogens (tertiary/aromatic N) is 1. The van der Waals surface area contributed by atoms with Gasteiger partial charge in [0.25, 0.3) is 0 Å². The highest BCUT2D eigenvalue weighted by molar-refractivity contribution is 5.82. The maximum absolute atomic E-state index is 11.8. The Kier molecular flexibility index (Phi) is 6.02. The van der Waals surface area contributed by atoms with E-state index in [1.165, 1.54) is 6.33 Å². The Morgan fingerprint density at radius 2 is 2.10 bits per heavy atom. The van der Waals surface area contributed by atoms with Crippen molar-refractivity contribution in [2.75, 3.05) is 0 Å². The van der Waals surface area contributed by atoms with Gasteiger partial charge in [-0.15, -0.1) is 0 Å². The maximum atomic E-state index is 11.8. The minimum atomic E-state index is -1.08. The molecule has 112 valence electrons. The first kappa shape index (κ1) is 16.0. The molecule has 1 aromatic heterocycles. The fourth-order valence-electron chi connectivity index (χ4n) is 1.92. The number of amides is 2. The molecule has 0 aliphatic carbocycles. The van der Waals surface area contributed by atoms with Gasteiger partial charge in [-0.05, 0) is 12.3 Å². The van der Waals surface area contributed by atoms with Gasteiger partial charge in [-0.1, -0.05) is 20.8 Å². The molecule has 0 fully saturated rings. The van der Waals surface area contributed by atoms with Crippen molar-refractivity contribution in [1.29, 1.82) is 0 Å². The topological polar surface area (TPSA) is 107 Å². The van der Waals surface area contributed by atoms with E-state index >= 15 is 0 Å². The smallest absolute Gasteiger partial charge is 0.326 e. The Labute approximate surface area is 118 Å². The number of urea groups is 1. The molecule has 20 heavy (non-hydrogen) atoms. The lowest BCUT2D eigenvalue weighted by Crippen LogP contribution is -2.50. The average molecular weight is 282 g/mol. The van der Waals surface area contributed by atoms with Crippen LogP contribution in [-0.2, 0) is 11.2 Å². The summed E-state index contributed by atoms with van der Waals surface area (Å²) in [7, 11) is 0. The molecule has 0 saturated carbocycles. The SMILES string of the molecule is CCC(NC(=O)N[C@H](Cc1cnc[nH]1)C(=O)O)C(C)C. The van der Waals surface area contributed by atoms with Gasteiger partial charge in [-0.25, -0.2) is 14.6 Å². The van der Waals surface area contributed by atoms with E-state index in [1.807, 2.05) is 20.8 Å². The zero-order valence-electron chi connectivity index (χ0n) is 12.0. The van der Waals surface area contributed by atoms with E-state index in [0.29, 0.717) is 11.6 Å². The number of aromatic amines is 1. The van der Waals surface area contributed by atoms with E-state index < -0.39 is 18.0 Å². The average Bonchev–Trinajstić information content (AvgIpc) is 2.87. The molecule has 1 rings (SSSR count). The minimum Gasteiger partial charge on any atom is -0.480 e. The molecule has 0 aromatic carbocycles. The third kappa shape index (κ3) is 4.91. The number of hydrogen-bond acceptors (Lipinski definition) is 3. The predicted molar refractivity (Wildman–Crippen MR) is 74.3 cm³/mol. The van der Waals surface area contributed by atoms with Crippen LogP contribution in [0.3, 0.4) is 0 Å². The Hall–Kier alpha value is -2.05. The molecule has 1 unspecified atom stereocenters. The highest BCUT2D eigenvalue weighted by Crippen LogP contribution is 2.05. The monoisotopic (exact) mass is 282 g/mol. The molecular weight excluding hydrogens is 260 g/mol. The number of rotatable bonds is 7. The van der Waals surface area contributed by atoms with Crippen LogP contribution in [0.15, 0.2) is 12.5 Å². The number of aromatic nitrogens is 2. The van der Waals surface area contributed by atoms with E-state index in [0.717, 1.165) is 6.42 Å². The van der Waals surface area contributed by atoms with Crippen LogP contribution >= 0.6 is 0 Å². The fraction of sp³-hybridized carbons (Fsp3) is 0.615. The quantitative estimate of drug-likeness (QED) is 0.601. The molecule has 0 aliphatic rings. The number of aliphatic carboxylic acids is 1. The van der Waals surface area contributed by atoms with Crippen molar-refractivity contribution >= 4 is 12.0 Å². The van der Waals surface area contributed by atoms with Crippen LogP contribution in [0.4, 0.5) is 4.79 Å². The summed E-state index contributed by atoms with van der Waals surface area (Å²) in [6, 6.07) is -1.42. The molecule has 1 aromatic rings. The van der Waals surface area contributed by atoms with Gasteiger partial charge in [0, 0.05) is 24.4 Å². The van der Waals surface area contributed by atoms with Crippen molar-refractivity contribution in [1.82, 2.24) is 20.6 Å². The molecule has 0 radical (unpaired) electrons. The van der Waals surface area contributed by atoms with Crippen LogP contribution in [-0.4, -0.2) is 39.2 Å². The molecule has 7 heteroatoms. The Morgan fingerprint density at radius 1 is 1.40 bits per heavy atom. The first-order valence-electron chi connectivity index (χ1n) is 6.71. The number of H-pyrrole nitrogens is 1. The van der Waals surface area contributed by atoms with Gasteiger partial charge in [0.15, 0.2) is 0 Å². The van der Waals surface area contributed by atoms with Gasteiger partial charge in [0.05, 0.1) is 6.33 Å². The summed E-state index contributed by atoms with van der Waals surface area (Å²) in [6.45, 7) is 5.99. The summed E-state index contributed by atoms with van der Waals surface area (Å²) in [6.07, 6.45) is 3.98. The zero-order chi connectivity index (χ0) is 15.1. The standard InChI is InChI=1S/C13H22N4O3/c1-4-10(8(2)3)16-13(20)17-11(12(18)19)5-9-6-14-7-15-9/h6-8,10-11H,4-5H2,1-3H3,(H,14,15)(H,18,19)(H2,16,17,20)/t10?,11-/m1/s1. The summed E-state index contributed by atoms with van der Waals surface area (Å²) < 4.78 is 0. The van der Waals surface area contributed by atoms with Crippen molar-refractivity contribution in [2.45, 2.75) is 45.7 Å². The van der Waals surface area contributed by atoms with Gasteiger partial charge in [0.2, 0.25) is 0 Å². The number of carboxylic acids is 1. The number of carbonyl (C=O) groups is 2. The molecule has 0 aliphatic heterocycles. The van der Waals surface area contributed by atoms with Gasteiger partial charge in [-0.2, -0.15) is 0 Å². The van der Waals surface area contributed by atoms with Crippen LogP contribution < -0.4 is 10.6 Å². The van der Waals surface area contributed by atoms with Crippen LogP contribution in [0, 0.1) is 5.92 Å². The summed E-state index contributed by atoms with van der Waals surface area (Å²) in [5.41, 5.74) is 0.661. The Balaban J connectivity index is 2.57. The van der Waals surface area contributed by atoms with Gasteiger partial charge in [0.1, 0.15) is 6.04 Å². The lowest BCUT2D eigenvalue weighted by molar-refractivity contribution is -0.139. The minimum absolute atomic E-state index is 0.0246. The number of hydrogen-bond donors (Lipinski definition) is 4. The second-order valence-corrected chi connectivity index (χ2v) is 5.05. The molecule has 7 nitrogen and oxygen atoms in total. The Morgan fingerprint density at radius 3 is 2.55 bits per heavy atom. The molecular formula is C13H22N4O3. The summed E-state index contributed by atoms with van der Waals surface area (Å²) in [5.74, 6) is -0.783. The lowest BCUT2D eigenvalue weighted by Gasteiger charge is -2.22. The fourth-order valence-corrected chi connectivity index (χ4v) is 1.92. The van der Waals surface area contributed by atoms with Crippen molar-refractivity contribution < 1.29 is 14.7 Å². The van der Waals surface area contributed by atoms with Crippen molar-refractivity contribution in [2.24, 2.45) is 5.92 Å². The normalized spacial score (nSPS) is 13.8. The molecule has 2 atom stereocenters. The van der Waals surface area contributed by atoms with Crippen LogP contribution in [0.1, 0.15) is 32.9 Å². The van der Waals surface area contributed by atoms with E-state index in [1.54, 1.807) is 6.20 Å². The van der Waals surface area contributed by atoms with E-state index in [9.17, 15) is 9.59 Å². The molecule has 0 bridgehead atoms. The molecule has 2 amide bonds. The van der Waals surface area contributed by atoms with Crippen LogP contribution in [0.25, 0.3) is 0 Å². The van der Waals surface area contributed by atoms with Crippen LogP contribution in [0.5, 0.6) is 0 Å². The van der Waals surface area contributed by atoms with Crippen LogP contribution in [0.2, 0.25) is 0 Å². The highest BCUT2D eigenvalue weighted by Gasteiger charge is 2.22. The molecule has 4 N–H and O–H groups in total. The first-order valence-corrected chi connectivity index (χ1v) is 6.71. The second kappa shape index (κ2) is 7.52. The Bertz CT molecular complexity index is 431. The molecule has 0 spiro atoms. The van der Waals surface area contributed by atoms with E-state index in [4.69, 9.17) is 5.11 Å². The van der Waals surface area contributed by atoms with Gasteiger partial charge < -0.3 is 20.7 Å². The third-order valence-electron chi connectivity index (χ3n) is 3.14. The first-order chi connectivity index (χ1) is 9.43.